The van der Waals surface area contributed by atoms with Crippen LogP contribution >= 0.6 is 11.6 Å². The average Bonchev–Trinajstić information content (AvgIpc) is 2.65. The second-order valence-electron chi connectivity index (χ2n) is 6.64. The first-order valence-electron chi connectivity index (χ1n) is 9.49. The number of anilines is 2. The van der Waals surface area contributed by atoms with Crippen molar-refractivity contribution < 1.29 is 14.3 Å². The molecule has 1 aliphatic carbocycles. The van der Waals surface area contributed by atoms with E-state index >= 15 is 0 Å². The van der Waals surface area contributed by atoms with E-state index in [2.05, 4.69) is 5.32 Å². The van der Waals surface area contributed by atoms with Crippen molar-refractivity contribution >= 4 is 34.9 Å². The Morgan fingerprint density at radius 3 is 2.38 bits per heavy atom. The molecule has 6 heteroatoms. The molecule has 0 heterocycles. The van der Waals surface area contributed by atoms with E-state index in [0.29, 0.717) is 11.7 Å². The van der Waals surface area contributed by atoms with E-state index in [9.17, 15) is 9.59 Å². The summed E-state index contributed by atoms with van der Waals surface area (Å²) in [5.74, 6) is -1.35. The van der Waals surface area contributed by atoms with E-state index in [1.165, 1.54) is 6.42 Å². The third-order valence-corrected chi connectivity index (χ3v) is 5.26. The molecule has 144 valence electrons. The topological polar surface area (TPSA) is 58.6 Å². The highest BCUT2D eigenvalue weighted by Gasteiger charge is 2.36. The first kappa shape index (κ1) is 20.6. The first-order chi connectivity index (χ1) is 12.6. The lowest BCUT2D eigenvalue weighted by atomic mass is 9.79. The minimum absolute atomic E-state index is 0.0638. The Hall–Kier alpha value is -1.75. The van der Waals surface area contributed by atoms with Gasteiger partial charge in [0, 0.05) is 17.9 Å². The molecular formula is C20H29ClN2O3. The molecule has 1 aromatic carbocycles. The fraction of sp³-hybridized carbons (Fsp3) is 0.600. The first-order valence-corrected chi connectivity index (χ1v) is 10.0. The van der Waals surface area contributed by atoms with Gasteiger partial charge in [-0.15, -0.1) is 11.6 Å². The van der Waals surface area contributed by atoms with Crippen LogP contribution in [0.1, 0.15) is 46.0 Å². The highest BCUT2D eigenvalue weighted by Crippen LogP contribution is 2.32. The van der Waals surface area contributed by atoms with Gasteiger partial charge in [0.15, 0.2) is 0 Å². The SMILES string of the molecule is CCOC(=O)C(C(=O)Nc1ccc(N(CC)CCl)cc1)C1CCCCC1. The zero-order valence-corrected chi connectivity index (χ0v) is 16.4. The number of esters is 1. The van der Waals surface area contributed by atoms with Gasteiger partial charge in [0.2, 0.25) is 5.91 Å². The highest BCUT2D eigenvalue weighted by molar-refractivity contribution is 6.19. The summed E-state index contributed by atoms with van der Waals surface area (Å²) in [6.07, 6.45) is 5.10. The smallest absolute Gasteiger partial charge is 0.318 e. The van der Waals surface area contributed by atoms with Crippen LogP contribution in [0.5, 0.6) is 0 Å². The molecule has 1 atom stereocenters. The van der Waals surface area contributed by atoms with Crippen molar-refractivity contribution in [1.82, 2.24) is 0 Å². The second-order valence-corrected chi connectivity index (χ2v) is 6.88. The molecule has 0 saturated heterocycles. The standard InChI is InChI=1S/C20H29ClN2O3/c1-3-23(14-21)17-12-10-16(11-13-17)22-19(24)18(20(25)26-4-2)15-8-6-5-7-9-15/h10-13,15,18H,3-9,14H2,1-2H3,(H,22,24). The van der Waals surface area contributed by atoms with Gasteiger partial charge in [-0.05, 0) is 56.9 Å². The van der Waals surface area contributed by atoms with Gasteiger partial charge in [-0.1, -0.05) is 19.3 Å². The van der Waals surface area contributed by atoms with Crippen molar-refractivity contribution in [1.29, 1.82) is 0 Å². The minimum atomic E-state index is -0.732. The molecule has 26 heavy (non-hydrogen) atoms. The van der Waals surface area contributed by atoms with Crippen molar-refractivity contribution in [2.75, 3.05) is 29.4 Å². The molecule has 5 nitrogen and oxygen atoms in total. The molecule has 0 aliphatic heterocycles. The van der Waals surface area contributed by atoms with E-state index in [0.717, 1.165) is 37.9 Å². The quantitative estimate of drug-likeness (QED) is 0.314. The van der Waals surface area contributed by atoms with E-state index in [-0.39, 0.29) is 18.4 Å². The highest BCUT2D eigenvalue weighted by atomic mass is 35.5. The van der Waals surface area contributed by atoms with Crippen molar-refractivity contribution in [3.8, 4) is 0 Å². The Kier molecular flexibility index (Phi) is 8.23. The molecule has 1 unspecified atom stereocenters. The van der Waals surface area contributed by atoms with Crippen LogP contribution in [0.25, 0.3) is 0 Å². The maximum Gasteiger partial charge on any atom is 0.318 e. The molecule has 0 radical (unpaired) electrons. The summed E-state index contributed by atoms with van der Waals surface area (Å²) in [6.45, 7) is 4.89. The molecule has 1 saturated carbocycles. The van der Waals surface area contributed by atoms with E-state index in [1.807, 2.05) is 36.1 Å². The molecule has 0 aromatic heterocycles. The molecule has 1 aromatic rings. The molecular weight excluding hydrogens is 352 g/mol. The number of hydrogen-bond acceptors (Lipinski definition) is 4. The van der Waals surface area contributed by atoms with Crippen molar-refractivity contribution in [2.45, 2.75) is 46.0 Å². The van der Waals surface area contributed by atoms with Crippen LogP contribution in [0.4, 0.5) is 11.4 Å². The summed E-state index contributed by atoms with van der Waals surface area (Å²) in [6, 6.07) is 7.93. The fourth-order valence-electron chi connectivity index (χ4n) is 3.52. The Morgan fingerprint density at radius 2 is 1.85 bits per heavy atom. The van der Waals surface area contributed by atoms with Gasteiger partial charge >= 0.3 is 5.97 Å². The van der Waals surface area contributed by atoms with Gasteiger partial charge in [0.1, 0.15) is 5.92 Å². The minimum Gasteiger partial charge on any atom is -0.465 e. The number of alkyl halides is 1. The third-order valence-electron chi connectivity index (χ3n) is 4.97. The Bertz CT molecular complexity index is 581. The molecule has 0 bridgehead atoms. The van der Waals surface area contributed by atoms with E-state index in [1.54, 1.807) is 6.92 Å². The summed E-state index contributed by atoms with van der Waals surface area (Å²) >= 11 is 5.92. The number of nitrogens with one attached hydrogen (secondary N) is 1. The predicted octanol–water partition coefficient (Wildman–Crippen LogP) is 4.41. The van der Waals surface area contributed by atoms with Crippen molar-refractivity contribution in [2.24, 2.45) is 11.8 Å². The van der Waals surface area contributed by atoms with Crippen LogP contribution in [0.2, 0.25) is 0 Å². The van der Waals surface area contributed by atoms with Crippen LogP contribution < -0.4 is 10.2 Å². The van der Waals surface area contributed by atoms with Crippen LogP contribution in [-0.2, 0) is 14.3 Å². The number of rotatable bonds is 8. The van der Waals surface area contributed by atoms with Gasteiger partial charge < -0.3 is 15.0 Å². The van der Waals surface area contributed by atoms with Crippen LogP contribution in [0.15, 0.2) is 24.3 Å². The zero-order chi connectivity index (χ0) is 18.9. The largest absolute Gasteiger partial charge is 0.465 e. The van der Waals surface area contributed by atoms with Crippen LogP contribution in [0, 0.1) is 11.8 Å². The van der Waals surface area contributed by atoms with Crippen LogP contribution in [-0.4, -0.2) is 31.0 Å². The Morgan fingerprint density at radius 1 is 1.19 bits per heavy atom. The van der Waals surface area contributed by atoms with Crippen molar-refractivity contribution in [3.05, 3.63) is 24.3 Å². The number of hydrogen-bond donors (Lipinski definition) is 1. The fourth-order valence-corrected chi connectivity index (χ4v) is 3.83. The number of ether oxygens (including phenoxy) is 1. The molecule has 0 spiro atoms. The van der Waals surface area contributed by atoms with Gasteiger partial charge in [-0.2, -0.15) is 0 Å². The van der Waals surface area contributed by atoms with E-state index < -0.39 is 11.9 Å². The summed E-state index contributed by atoms with van der Waals surface area (Å²) in [4.78, 5) is 27.2. The Balaban J connectivity index is 2.09. The predicted molar refractivity (Wildman–Crippen MR) is 106 cm³/mol. The lowest BCUT2D eigenvalue weighted by molar-refractivity contribution is -0.153. The van der Waals surface area contributed by atoms with Crippen molar-refractivity contribution in [3.63, 3.8) is 0 Å². The van der Waals surface area contributed by atoms with Gasteiger partial charge in [-0.3, -0.25) is 9.59 Å². The van der Waals surface area contributed by atoms with E-state index in [4.69, 9.17) is 16.3 Å². The van der Waals surface area contributed by atoms with Crippen LogP contribution in [0.3, 0.4) is 0 Å². The average molecular weight is 381 g/mol. The Labute approximate surface area is 161 Å². The maximum atomic E-state index is 12.8. The molecule has 2 rings (SSSR count). The van der Waals surface area contributed by atoms with Gasteiger partial charge in [0.25, 0.3) is 0 Å². The summed E-state index contributed by atoms with van der Waals surface area (Å²) in [7, 11) is 0. The number of nitrogens with zero attached hydrogens (tertiary/aromatic N) is 1. The number of halogens is 1. The summed E-state index contributed by atoms with van der Waals surface area (Å²) in [5.41, 5.74) is 1.67. The number of carbonyl (C=O) groups is 2. The maximum absolute atomic E-state index is 12.8. The van der Waals surface area contributed by atoms with Gasteiger partial charge in [0.05, 0.1) is 12.6 Å². The lowest BCUT2D eigenvalue weighted by Gasteiger charge is -2.28. The van der Waals surface area contributed by atoms with Gasteiger partial charge in [-0.25, -0.2) is 0 Å². The summed E-state index contributed by atoms with van der Waals surface area (Å²) < 4.78 is 5.17. The summed E-state index contributed by atoms with van der Waals surface area (Å²) in [5, 5.41) is 2.89. The number of amides is 1. The number of carbonyl (C=O) groups excluding carboxylic acids is 2. The monoisotopic (exact) mass is 380 g/mol. The zero-order valence-electron chi connectivity index (χ0n) is 15.7. The normalized spacial score (nSPS) is 16.0. The molecule has 1 aliphatic rings. The molecule has 1 amide bonds. The lowest BCUT2D eigenvalue weighted by Crippen LogP contribution is -2.37. The molecule has 1 fully saturated rings. The second kappa shape index (κ2) is 10.4. The molecule has 1 N–H and O–H groups in total. The third kappa shape index (κ3) is 5.37. The number of benzene rings is 1.